The molecule has 0 aliphatic heterocycles. The van der Waals surface area contributed by atoms with Crippen molar-refractivity contribution in [2.45, 2.75) is 16.7 Å². The summed E-state index contributed by atoms with van der Waals surface area (Å²) < 4.78 is 5.47. The van der Waals surface area contributed by atoms with E-state index in [1.165, 1.54) is 11.8 Å². The minimum atomic E-state index is -0.758. The Kier molecular flexibility index (Phi) is 6.70. The maximum atomic E-state index is 12.4. The number of para-hydroxylation sites is 3. The van der Waals surface area contributed by atoms with Crippen LogP contribution >= 0.6 is 11.8 Å². The highest BCUT2D eigenvalue weighted by Crippen LogP contribution is 2.33. The van der Waals surface area contributed by atoms with Crippen LogP contribution in [0.5, 0.6) is 5.75 Å². The Hall–Kier alpha value is -3.25. The van der Waals surface area contributed by atoms with E-state index in [0.717, 1.165) is 9.79 Å². The highest BCUT2D eigenvalue weighted by atomic mass is 32.2. The summed E-state index contributed by atoms with van der Waals surface area (Å²) in [7, 11) is 0. The molecule has 3 aromatic carbocycles. The Morgan fingerprint density at radius 1 is 0.786 bits per heavy atom. The highest BCUT2D eigenvalue weighted by Gasteiger charge is 2.17. The van der Waals surface area contributed by atoms with Crippen molar-refractivity contribution in [3.8, 4) is 5.75 Å². The van der Waals surface area contributed by atoms with Gasteiger partial charge in [0.15, 0.2) is 0 Å². The molecular formula is C22H20N2O3S. The third kappa shape index (κ3) is 5.14. The van der Waals surface area contributed by atoms with Gasteiger partial charge in [0.1, 0.15) is 5.75 Å². The predicted molar refractivity (Wildman–Crippen MR) is 112 cm³/mol. The smallest absolute Gasteiger partial charge is 0.314 e. The third-order valence-electron chi connectivity index (χ3n) is 3.75. The fraction of sp³-hybridized carbons (Fsp3) is 0.0909. The van der Waals surface area contributed by atoms with Gasteiger partial charge in [0, 0.05) is 9.79 Å². The van der Waals surface area contributed by atoms with Crippen LogP contribution in [0.25, 0.3) is 0 Å². The molecule has 0 aromatic heterocycles. The SMILES string of the molecule is CCOc1ccccc1NC(=O)C(=O)Nc1ccccc1Sc1ccccc1. The summed E-state index contributed by atoms with van der Waals surface area (Å²) in [6.07, 6.45) is 0. The standard InChI is InChI=1S/C22H20N2O3S/c1-2-27-19-14-8-6-12-17(19)23-21(25)22(26)24-18-13-7-9-15-20(18)28-16-10-4-3-5-11-16/h3-15H,2H2,1H3,(H,23,25)(H,24,26). The topological polar surface area (TPSA) is 67.4 Å². The predicted octanol–water partition coefficient (Wildman–Crippen LogP) is 4.81. The van der Waals surface area contributed by atoms with Gasteiger partial charge in [-0.3, -0.25) is 9.59 Å². The van der Waals surface area contributed by atoms with Crippen LogP contribution in [0, 0.1) is 0 Å². The van der Waals surface area contributed by atoms with E-state index < -0.39 is 11.8 Å². The van der Waals surface area contributed by atoms with E-state index in [1.807, 2.05) is 55.5 Å². The van der Waals surface area contributed by atoms with Crippen molar-refractivity contribution in [1.29, 1.82) is 0 Å². The van der Waals surface area contributed by atoms with Gasteiger partial charge in [-0.15, -0.1) is 0 Å². The Morgan fingerprint density at radius 3 is 2.07 bits per heavy atom. The average Bonchev–Trinajstić information content (AvgIpc) is 2.72. The van der Waals surface area contributed by atoms with Crippen molar-refractivity contribution >= 4 is 35.0 Å². The van der Waals surface area contributed by atoms with Crippen molar-refractivity contribution < 1.29 is 14.3 Å². The Morgan fingerprint density at radius 2 is 1.36 bits per heavy atom. The summed E-state index contributed by atoms with van der Waals surface area (Å²) in [5, 5.41) is 5.29. The highest BCUT2D eigenvalue weighted by molar-refractivity contribution is 7.99. The fourth-order valence-corrected chi connectivity index (χ4v) is 3.41. The molecule has 0 aliphatic rings. The van der Waals surface area contributed by atoms with Gasteiger partial charge < -0.3 is 15.4 Å². The second-order valence-electron chi connectivity index (χ2n) is 5.75. The minimum absolute atomic E-state index is 0.455. The lowest BCUT2D eigenvalue weighted by molar-refractivity contribution is -0.133. The summed E-state index contributed by atoms with van der Waals surface area (Å²) in [6, 6.07) is 24.2. The van der Waals surface area contributed by atoms with E-state index in [9.17, 15) is 9.59 Å². The molecule has 0 aliphatic carbocycles. The fourth-order valence-electron chi connectivity index (χ4n) is 2.48. The number of anilines is 2. The second-order valence-corrected chi connectivity index (χ2v) is 6.86. The largest absolute Gasteiger partial charge is 0.492 e. The maximum Gasteiger partial charge on any atom is 0.314 e. The number of nitrogens with one attached hydrogen (secondary N) is 2. The zero-order valence-corrected chi connectivity index (χ0v) is 16.2. The van der Waals surface area contributed by atoms with Gasteiger partial charge in [-0.05, 0) is 43.3 Å². The van der Waals surface area contributed by atoms with Crippen LogP contribution in [-0.2, 0) is 9.59 Å². The number of rotatable bonds is 6. The van der Waals surface area contributed by atoms with Gasteiger partial charge in [-0.1, -0.05) is 54.2 Å². The zero-order chi connectivity index (χ0) is 19.8. The molecule has 0 unspecified atom stereocenters. The molecule has 2 amide bonds. The lowest BCUT2D eigenvalue weighted by Crippen LogP contribution is -2.29. The summed E-state index contributed by atoms with van der Waals surface area (Å²) in [5.41, 5.74) is 1.03. The quantitative estimate of drug-likeness (QED) is 0.591. The summed E-state index contributed by atoms with van der Waals surface area (Å²) >= 11 is 1.51. The van der Waals surface area contributed by atoms with Gasteiger partial charge in [0.05, 0.1) is 18.0 Å². The van der Waals surface area contributed by atoms with E-state index >= 15 is 0 Å². The molecule has 0 spiro atoms. The van der Waals surface area contributed by atoms with Crippen molar-refractivity contribution in [3.63, 3.8) is 0 Å². The van der Waals surface area contributed by atoms with Crippen molar-refractivity contribution in [3.05, 3.63) is 78.9 Å². The molecule has 3 rings (SSSR count). The molecule has 142 valence electrons. The molecule has 0 saturated heterocycles. The first-order chi connectivity index (χ1) is 13.7. The van der Waals surface area contributed by atoms with Gasteiger partial charge >= 0.3 is 11.8 Å². The maximum absolute atomic E-state index is 12.4. The summed E-state index contributed by atoms with van der Waals surface area (Å²) in [5.74, 6) is -0.981. The summed E-state index contributed by atoms with van der Waals surface area (Å²) in [4.78, 5) is 26.7. The first kappa shape index (κ1) is 19.5. The molecule has 5 nitrogen and oxygen atoms in total. The number of carbonyl (C=O) groups is 2. The van der Waals surface area contributed by atoms with E-state index in [1.54, 1.807) is 30.3 Å². The zero-order valence-electron chi connectivity index (χ0n) is 15.3. The number of hydrogen-bond donors (Lipinski definition) is 2. The molecule has 0 radical (unpaired) electrons. The van der Waals surface area contributed by atoms with Crippen LogP contribution in [-0.4, -0.2) is 18.4 Å². The second kappa shape index (κ2) is 9.62. The molecule has 0 atom stereocenters. The van der Waals surface area contributed by atoms with Crippen molar-refractivity contribution in [2.24, 2.45) is 0 Å². The van der Waals surface area contributed by atoms with Crippen LogP contribution in [0.1, 0.15) is 6.92 Å². The molecule has 2 N–H and O–H groups in total. The molecule has 0 fully saturated rings. The summed E-state index contributed by atoms with van der Waals surface area (Å²) in [6.45, 7) is 2.32. The number of ether oxygens (including phenoxy) is 1. The van der Waals surface area contributed by atoms with E-state index in [4.69, 9.17) is 4.74 Å². The molecule has 28 heavy (non-hydrogen) atoms. The third-order valence-corrected chi connectivity index (χ3v) is 4.83. The number of hydrogen-bond acceptors (Lipinski definition) is 4. The van der Waals surface area contributed by atoms with Crippen LogP contribution in [0.2, 0.25) is 0 Å². The van der Waals surface area contributed by atoms with Gasteiger partial charge in [-0.25, -0.2) is 0 Å². The average molecular weight is 392 g/mol. The molecule has 0 saturated carbocycles. The van der Waals surface area contributed by atoms with Crippen molar-refractivity contribution in [2.75, 3.05) is 17.2 Å². The monoisotopic (exact) mass is 392 g/mol. The lowest BCUT2D eigenvalue weighted by Gasteiger charge is -2.12. The van der Waals surface area contributed by atoms with E-state index in [2.05, 4.69) is 10.6 Å². The molecule has 0 bridgehead atoms. The van der Waals surface area contributed by atoms with E-state index in [0.29, 0.717) is 23.7 Å². The van der Waals surface area contributed by atoms with Gasteiger partial charge in [0.2, 0.25) is 0 Å². The Balaban J connectivity index is 1.70. The Bertz CT molecular complexity index is 961. The molecular weight excluding hydrogens is 372 g/mol. The first-order valence-corrected chi connectivity index (χ1v) is 9.65. The molecule has 0 heterocycles. The minimum Gasteiger partial charge on any atom is -0.492 e. The van der Waals surface area contributed by atoms with Crippen LogP contribution in [0.15, 0.2) is 88.7 Å². The van der Waals surface area contributed by atoms with Crippen LogP contribution < -0.4 is 15.4 Å². The number of amides is 2. The van der Waals surface area contributed by atoms with Gasteiger partial charge in [-0.2, -0.15) is 0 Å². The molecule has 3 aromatic rings. The van der Waals surface area contributed by atoms with E-state index in [-0.39, 0.29) is 0 Å². The van der Waals surface area contributed by atoms with Gasteiger partial charge in [0.25, 0.3) is 0 Å². The van der Waals surface area contributed by atoms with Crippen molar-refractivity contribution in [1.82, 2.24) is 0 Å². The first-order valence-electron chi connectivity index (χ1n) is 8.83. The molecule has 6 heteroatoms. The Labute approximate surface area is 168 Å². The number of carbonyl (C=O) groups excluding carboxylic acids is 2. The van der Waals surface area contributed by atoms with Crippen LogP contribution in [0.4, 0.5) is 11.4 Å². The normalized spacial score (nSPS) is 10.2. The number of benzene rings is 3. The van der Waals surface area contributed by atoms with Crippen LogP contribution in [0.3, 0.4) is 0 Å². The lowest BCUT2D eigenvalue weighted by atomic mass is 10.3.